The number of carbonyl (C=O) groups is 1. The highest BCUT2D eigenvalue weighted by atomic mass is 32.1. The second kappa shape index (κ2) is 6.26. The third-order valence-electron chi connectivity index (χ3n) is 3.27. The molecule has 0 amide bonds. The van der Waals surface area contributed by atoms with Gasteiger partial charge in [0.05, 0.1) is 13.2 Å². The van der Waals surface area contributed by atoms with Crippen LogP contribution in [0.1, 0.15) is 30.3 Å². The molecule has 1 aromatic carbocycles. The van der Waals surface area contributed by atoms with Gasteiger partial charge in [0, 0.05) is 10.9 Å². The van der Waals surface area contributed by atoms with Gasteiger partial charge in [-0.05, 0) is 49.9 Å². The zero-order chi connectivity index (χ0) is 14.7. The van der Waals surface area contributed by atoms with Crippen LogP contribution in [0.15, 0.2) is 29.6 Å². The minimum atomic E-state index is -0.324. The Balaban J connectivity index is 1.66. The van der Waals surface area contributed by atoms with Gasteiger partial charge in [-0.2, -0.15) is 0 Å². The molecule has 0 aliphatic heterocycles. The first-order chi connectivity index (χ1) is 10.3. The summed E-state index contributed by atoms with van der Waals surface area (Å²) in [6.45, 7) is 3.12. The fraction of sp³-hybridized carbons (Fsp3) is 0.375. The summed E-state index contributed by atoms with van der Waals surface area (Å²) >= 11 is 1.45. The van der Waals surface area contributed by atoms with Gasteiger partial charge >= 0.3 is 5.97 Å². The molecule has 0 bridgehead atoms. The Bertz CT molecular complexity index is 617. The summed E-state index contributed by atoms with van der Waals surface area (Å²) in [5.41, 5.74) is 1.37. The Morgan fingerprint density at radius 2 is 2.10 bits per heavy atom. The molecule has 0 radical (unpaired) electrons. The van der Waals surface area contributed by atoms with Crippen molar-refractivity contribution >= 4 is 17.3 Å². The average Bonchev–Trinajstić information content (AvgIpc) is 3.20. The molecule has 0 saturated heterocycles. The lowest BCUT2D eigenvalue weighted by Gasteiger charge is -2.03. The van der Waals surface area contributed by atoms with E-state index in [1.54, 1.807) is 5.38 Å². The van der Waals surface area contributed by atoms with Crippen LogP contribution < -0.4 is 4.74 Å². The van der Waals surface area contributed by atoms with E-state index in [2.05, 4.69) is 4.98 Å². The highest BCUT2D eigenvalue weighted by Gasteiger charge is 2.24. The van der Waals surface area contributed by atoms with Crippen molar-refractivity contribution in [2.75, 3.05) is 13.2 Å². The molecule has 1 aliphatic rings. The third kappa shape index (κ3) is 3.61. The van der Waals surface area contributed by atoms with Crippen LogP contribution in [0, 0.1) is 5.92 Å². The molecule has 110 valence electrons. The van der Waals surface area contributed by atoms with Gasteiger partial charge in [0.2, 0.25) is 0 Å². The number of hydrogen-bond donors (Lipinski definition) is 0. The van der Waals surface area contributed by atoms with E-state index in [-0.39, 0.29) is 5.97 Å². The van der Waals surface area contributed by atoms with Gasteiger partial charge in [-0.3, -0.25) is 0 Å². The number of esters is 1. The van der Waals surface area contributed by atoms with Gasteiger partial charge in [0.1, 0.15) is 10.8 Å². The maximum Gasteiger partial charge on any atom is 0.357 e. The Morgan fingerprint density at radius 1 is 1.33 bits per heavy atom. The topological polar surface area (TPSA) is 48.4 Å². The van der Waals surface area contributed by atoms with Crippen molar-refractivity contribution in [1.82, 2.24) is 4.98 Å². The Labute approximate surface area is 127 Å². The van der Waals surface area contributed by atoms with E-state index in [0.29, 0.717) is 24.8 Å². The molecule has 0 spiro atoms. The molecule has 4 nitrogen and oxygen atoms in total. The van der Waals surface area contributed by atoms with Crippen molar-refractivity contribution in [2.45, 2.75) is 19.8 Å². The minimum absolute atomic E-state index is 0.324. The van der Waals surface area contributed by atoms with Crippen molar-refractivity contribution in [2.24, 2.45) is 5.92 Å². The van der Waals surface area contributed by atoms with Gasteiger partial charge in [0.15, 0.2) is 5.69 Å². The minimum Gasteiger partial charge on any atom is -0.494 e. The van der Waals surface area contributed by atoms with Crippen molar-refractivity contribution in [3.63, 3.8) is 0 Å². The number of nitrogens with zero attached hydrogens (tertiary/aromatic N) is 1. The van der Waals surface area contributed by atoms with E-state index < -0.39 is 0 Å². The summed E-state index contributed by atoms with van der Waals surface area (Å²) in [6, 6.07) is 7.71. The Kier molecular flexibility index (Phi) is 4.20. The van der Waals surface area contributed by atoms with Crippen LogP contribution in [0.3, 0.4) is 0 Å². The van der Waals surface area contributed by atoms with Crippen molar-refractivity contribution < 1.29 is 14.3 Å². The van der Waals surface area contributed by atoms with Gasteiger partial charge < -0.3 is 9.47 Å². The molecule has 0 N–H and O–H groups in total. The molecule has 1 heterocycles. The fourth-order valence-electron chi connectivity index (χ4n) is 1.91. The molecule has 5 heteroatoms. The first kappa shape index (κ1) is 14.1. The van der Waals surface area contributed by atoms with Crippen LogP contribution in [0.5, 0.6) is 5.75 Å². The molecule has 1 saturated carbocycles. The average molecular weight is 303 g/mol. The predicted molar refractivity (Wildman–Crippen MR) is 81.7 cm³/mol. The normalized spacial score (nSPS) is 14.0. The second-order valence-electron chi connectivity index (χ2n) is 5.04. The smallest absolute Gasteiger partial charge is 0.357 e. The zero-order valence-corrected chi connectivity index (χ0v) is 12.7. The first-order valence-electron chi connectivity index (χ1n) is 7.12. The summed E-state index contributed by atoms with van der Waals surface area (Å²) in [7, 11) is 0. The molecule has 1 aliphatic carbocycles. The second-order valence-corrected chi connectivity index (χ2v) is 5.90. The van der Waals surface area contributed by atoms with Gasteiger partial charge in [0.25, 0.3) is 0 Å². The van der Waals surface area contributed by atoms with E-state index in [4.69, 9.17) is 9.47 Å². The lowest BCUT2D eigenvalue weighted by molar-refractivity contribution is 0.0480. The number of thiazole rings is 1. The Morgan fingerprint density at radius 3 is 2.76 bits per heavy atom. The summed E-state index contributed by atoms with van der Waals surface area (Å²) in [5.74, 6) is 1.08. The Hall–Kier alpha value is -1.88. The van der Waals surface area contributed by atoms with E-state index in [1.165, 1.54) is 24.2 Å². The van der Waals surface area contributed by atoms with E-state index in [0.717, 1.165) is 16.3 Å². The quantitative estimate of drug-likeness (QED) is 0.762. The van der Waals surface area contributed by atoms with E-state index in [1.807, 2.05) is 31.2 Å². The lowest BCUT2D eigenvalue weighted by atomic mass is 10.2. The van der Waals surface area contributed by atoms with E-state index in [9.17, 15) is 4.79 Å². The summed E-state index contributed by atoms with van der Waals surface area (Å²) < 4.78 is 10.6. The number of ether oxygens (including phenoxy) is 2. The first-order valence-corrected chi connectivity index (χ1v) is 8.00. The van der Waals surface area contributed by atoms with Crippen molar-refractivity contribution in [3.8, 4) is 16.3 Å². The predicted octanol–water partition coefficient (Wildman–Crippen LogP) is 3.78. The third-order valence-corrected chi connectivity index (χ3v) is 4.16. The van der Waals surface area contributed by atoms with Crippen molar-refractivity contribution in [1.29, 1.82) is 0 Å². The summed E-state index contributed by atoms with van der Waals surface area (Å²) in [5, 5.41) is 2.57. The SMILES string of the molecule is CCOc1ccc(-c2nc(C(=O)OCC3CC3)cs2)cc1. The number of benzene rings is 1. The molecule has 21 heavy (non-hydrogen) atoms. The molecule has 0 atom stereocenters. The zero-order valence-electron chi connectivity index (χ0n) is 11.9. The van der Waals surface area contributed by atoms with Gasteiger partial charge in [-0.15, -0.1) is 11.3 Å². The number of hydrogen-bond acceptors (Lipinski definition) is 5. The van der Waals surface area contributed by atoms with Crippen LogP contribution >= 0.6 is 11.3 Å². The summed E-state index contributed by atoms with van der Waals surface area (Å²) in [6.07, 6.45) is 2.34. The largest absolute Gasteiger partial charge is 0.494 e. The highest BCUT2D eigenvalue weighted by molar-refractivity contribution is 7.13. The highest BCUT2D eigenvalue weighted by Crippen LogP contribution is 2.30. The number of carbonyl (C=O) groups excluding carboxylic acids is 1. The van der Waals surface area contributed by atoms with Crippen LogP contribution in [0.25, 0.3) is 10.6 Å². The maximum atomic E-state index is 11.9. The molecule has 1 fully saturated rings. The van der Waals surface area contributed by atoms with Gasteiger partial charge in [-0.25, -0.2) is 9.78 Å². The molecular formula is C16H17NO3S. The lowest BCUT2D eigenvalue weighted by Crippen LogP contribution is -2.07. The van der Waals surface area contributed by atoms with Crippen LogP contribution in [-0.4, -0.2) is 24.2 Å². The van der Waals surface area contributed by atoms with Crippen LogP contribution in [0.4, 0.5) is 0 Å². The fourth-order valence-corrected chi connectivity index (χ4v) is 2.71. The standard InChI is InChI=1S/C16H17NO3S/c1-2-19-13-7-5-12(6-8-13)15-17-14(10-21-15)16(18)20-9-11-3-4-11/h5-8,10-11H,2-4,9H2,1H3. The van der Waals surface area contributed by atoms with E-state index >= 15 is 0 Å². The van der Waals surface area contributed by atoms with Crippen molar-refractivity contribution in [3.05, 3.63) is 35.3 Å². The molecule has 1 aromatic heterocycles. The maximum absolute atomic E-state index is 11.9. The molecular weight excluding hydrogens is 286 g/mol. The summed E-state index contributed by atoms with van der Waals surface area (Å²) in [4.78, 5) is 16.2. The molecule has 0 unspecified atom stereocenters. The van der Waals surface area contributed by atoms with Crippen LogP contribution in [-0.2, 0) is 4.74 Å². The number of rotatable bonds is 6. The van der Waals surface area contributed by atoms with Gasteiger partial charge in [-0.1, -0.05) is 0 Å². The molecule has 2 aromatic rings. The molecule has 3 rings (SSSR count). The number of aromatic nitrogens is 1. The van der Waals surface area contributed by atoms with Crippen LogP contribution in [0.2, 0.25) is 0 Å². The monoisotopic (exact) mass is 303 g/mol.